The zero-order valence-corrected chi connectivity index (χ0v) is 11.9. The molecule has 104 valence electrons. The van der Waals surface area contributed by atoms with Crippen molar-refractivity contribution in [1.82, 2.24) is 10.2 Å². The van der Waals surface area contributed by atoms with Crippen LogP contribution in [-0.4, -0.2) is 36.6 Å². The third-order valence-corrected chi connectivity index (χ3v) is 4.72. The van der Waals surface area contributed by atoms with Crippen molar-refractivity contribution < 1.29 is 0 Å². The first-order valence-electron chi connectivity index (χ1n) is 7.92. The second-order valence-electron chi connectivity index (χ2n) is 6.15. The van der Waals surface area contributed by atoms with Crippen LogP contribution in [0.4, 0.5) is 0 Å². The van der Waals surface area contributed by atoms with Crippen molar-refractivity contribution in [1.29, 1.82) is 0 Å². The topological polar surface area (TPSA) is 15.3 Å². The first-order valence-corrected chi connectivity index (χ1v) is 7.92. The lowest BCUT2D eigenvalue weighted by molar-refractivity contribution is 0.179. The van der Waals surface area contributed by atoms with Gasteiger partial charge < -0.3 is 10.2 Å². The van der Waals surface area contributed by atoms with Gasteiger partial charge in [0.25, 0.3) is 0 Å². The Labute approximate surface area is 117 Å². The van der Waals surface area contributed by atoms with E-state index in [0.29, 0.717) is 0 Å². The van der Waals surface area contributed by atoms with E-state index in [1.807, 2.05) is 0 Å². The fourth-order valence-electron chi connectivity index (χ4n) is 3.16. The minimum absolute atomic E-state index is 0.790. The molecule has 1 heterocycles. The molecule has 0 atom stereocenters. The smallest absolute Gasteiger partial charge is 0.00940 e. The van der Waals surface area contributed by atoms with Crippen molar-refractivity contribution in [2.45, 2.75) is 50.6 Å². The third-order valence-electron chi connectivity index (χ3n) is 4.72. The minimum Gasteiger partial charge on any atom is -0.311 e. The highest BCUT2D eigenvalue weighted by Gasteiger charge is 2.24. The number of hydrogen-bond donors (Lipinski definition) is 1. The maximum Gasteiger partial charge on any atom is 0.00940 e. The number of nitrogens with one attached hydrogen (secondary N) is 1. The second kappa shape index (κ2) is 6.53. The van der Waals surface area contributed by atoms with Crippen LogP contribution in [0.5, 0.6) is 0 Å². The van der Waals surface area contributed by atoms with Gasteiger partial charge in [0, 0.05) is 18.6 Å². The number of hydrogen-bond acceptors (Lipinski definition) is 2. The molecule has 2 aliphatic rings. The quantitative estimate of drug-likeness (QED) is 0.873. The molecule has 0 unspecified atom stereocenters. The van der Waals surface area contributed by atoms with Crippen molar-refractivity contribution in [3.8, 4) is 0 Å². The van der Waals surface area contributed by atoms with Crippen LogP contribution in [0, 0.1) is 0 Å². The van der Waals surface area contributed by atoms with Crippen LogP contribution in [0.3, 0.4) is 0 Å². The molecule has 1 aromatic carbocycles. The molecule has 1 saturated carbocycles. The number of benzene rings is 1. The Morgan fingerprint density at radius 3 is 2.26 bits per heavy atom. The fraction of sp³-hybridized carbons (Fsp3) is 0.647. The van der Waals surface area contributed by atoms with E-state index in [1.165, 1.54) is 63.7 Å². The van der Waals surface area contributed by atoms with E-state index < -0.39 is 0 Å². The van der Waals surface area contributed by atoms with Crippen molar-refractivity contribution in [3.05, 3.63) is 35.9 Å². The Hall–Kier alpha value is -0.860. The molecule has 2 fully saturated rings. The standard InChI is InChI=1S/C17H26N2/c1-2-5-15(6-3-1)9-12-19-13-10-17(11-14-19)18-16-7-4-8-16/h1-3,5-6,16-18H,4,7-14H2. The molecule has 0 aromatic heterocycles. The van der Waals surface area contributed by atoms with E-state index in [-0.39, 0.29) is 0 Å². The van der Waals surface area contributed by atoms with E-state index in [1.54, 1.807) is 0 Å². The summed E-state index contributed by atoms with van der Waals surface area (Å²) >= 11 is 0. The lowest BCUT2D eigenvalue weighted by Gasteiger charge is -2.37. The van der Waals surface area contributed by atoms with Crippen molar-refractivity contribution in [2.75, 3.05) is 19.6 Å². The first kappa shape index (κ1) is 13.1. The van der Waals surface area contributed by atoms with Crippen LogP contribution in [0.1, 0.15) is 37.7 Å². The lowest BCUT2D eigenvalue weighted by atomic mass is 9.91. The highest BCUT2D eigenvalue weighted by Crippen LogP contribution is 2.21. The largest absolute Gasteiger partial charge is 0.311 e. The van der Waals surface area contributed by atoms with Gasteiger partial charge in [-0.3, -0.25) is 0 Å². The predicted molar refractivity (Wildman–Crippen MR) is 80.4 cm³/mol. The average Bonchev–Trinajstić information content (AvgIpc) is 2.43. The van der Waals surface area contributed by atoms with Crippen LogP contribution in [0.15, 0.2) is 30.3 Å². The van der Waals surface area contributed by atoms with Crippen LogP contribution in [0.25, 0.3) is 0 Å². The molecule has 0 amide bonds. The molecule has 2 nitrogen and oxygen atoms in total. The summed E-state index contributed by atoms with van der Waals surface area (Å²) in [4.78, 5) is 2.63. The fourth-order valence-corrected chi connectivity index (χ4v) is 3.16. The Morgan fingerprint density at radius 2 is 1.63 bits per heavy atom. The summed E-state index contributed by atoms with van der Waals surface area (Å²) in [6.45, 7) is 3.77. The molecule has 1 N–H and O–H groups in total. The summed E-state index contributed by atoms with van der Waals surface area (Å²) in [6, 6.07) is 12.5. The summed E-state index contributed by atoms with van der Waals surface area (Å²) in [5.74, 6) is 0. The molecule has 19 heavy (non-hydrogen) atoms. The molecule has 2 heteroatoms. The Kier molecular flexibility index (Phi) is 4.52. The summed E-state index contributed by atoms with van der Waals surface area (Å²) in [7, 11) is 0. The number of likely N-dealkylation sites (tertiary alicyclic amines) is 1. The Morgan fingerprint density at radius 1 is 0.947 bits per heavy atom. The van der Waals surface area contributed by atoms with Gasteiger partial charge in [0.2, 0.25) is 0 Å². The highest BCUT2D eigenvalue weighted by atomic mass is 15.1. The van der Waals surface area contributed by atoms with Gasteiger partial charge in [-0.25, -0.2) is 0 Å². The van der Waals surface area contributed by atoms with Gasteiger partial charge in [0.15, 0.2) is 0 Å². The molecule has 0 bridgehead atoms. The zero-order chi connectivity index (χ0) is 12.9. The summed E-state index contributed by atoms with van der Waals surface area (Å²) in [5, 5.41) is 3.82. The van der Waals surface area contributed by atoms with Crippen LogP contribution in [0.2, 0.25) is 0 Å². The van der Waals surface area contributed by atoms with Gasteiger partial charge in [-0.05, 0) is 50.8 Å². The van der Waals surface area contributed by atoms with Gasteiger partial charge in [-0.15, -0.1) is 0 Å². The van der Waals surface area contributed by atoms with Crippen LogP contribution < -0.4 is 5.32 Å². The van der Waals surface area contributed by atoms with E-state index in [9.17, 15) is 0 Å². The molecule has 1 aliphatic heterocycles. The SMILES string of the molecule is c1ccc(CCN2CCC(NC3CCC3)CC2)cc1. The van der Waals surface area contributed by atoms with Gasteiger partial charge >= 0.3 is 0 Å². The molecular weight excluding hydrogens is 232 g/mol. The number of rotatable bonds is 5. The van der Waals surface area contributed by atoms with E-state index in [4.69, 9.17) is 0 Å². The molecule has 1 aromatic rings. The maximum absolute atomic E-state index is 3.82. The molecular formula is C17H26N2. The van der Waals surface area contributed by atoms with Gasteiger partial charge in [0.05, 0.1) is 0 Å². The normalized spacial score (nSPS) is 22.3. The van der Waals surface area contributed by atoms with Crippen molar-refractivity contribution in [3.63, 3.8) is 0 Å². The summed E-state index contributed by atoms with van der Waals surface area (Å²) in [5.41, 5.74) is 1.47. The van der Waals surface area contributed by atoms with Crippen LogP contribution >= 0.6 is 0 Å². The first-order chi connectivity index (χ1) is 9.40. The number of nitrogens with zero attached hydrogens (tertiary/aromatic N) is 1. The zero-order valence-electron chi connectivity index (χ0n) is 11.9. The van der Waals surface area contributed by atoms with E-state index in [0.717, 1.165) is 12.1 Å². The molecule has 1 aliphatic carbocycles. The average molecular weight is 258 g/mol. The third kappa shape index (κ3) is 3.80. The second-order valence-corrected chi connectivity index (χ2v) is 6.15. The van der Waals surface area contributed by atoms with E-state index in [2.05, 4.69) is 40.5 Å². The lowest BCUT2D eigenvalue weighted by Crippen LogP contribution is -2.48. The van der Waals surface area contributed by atoms with Crippen LogP contribution in [-0.2, 0) is 6.42 Å². The predicted octanol–water partition coefficient (Wildman–Crippen LogP) is 2.84. The summed E-state index contributed by atoms with van der Waals surface area (Å²) in [6.07, 6.45) is 8.13. The number of piperidine rings is 1. The highest BCUT2D eigenvalue weighted by molar-refractivity contribution is 5.14. The molecule has 0 spiro atoms. The monoisotopic (exact) mass is 258 g/mol. The summed E-state index contributed by atoms with van der Waals surface area (Å²) < 4.78 is 0. The Balaban J connectivity index is 1.35. The van der Waals surface area contributed by atoms with Gasteiger partial charge in [0.1, 0.15) is 0 Å². The van der Waals surface area contributed by atoms with E-state index >= 15 is 0 Å². The molecule has 3 rings (SSSR count). The minimum atomic E-state index is 0.790. The van der Waals surface area contributed by atoms with Gasteiger partial charge in [-0.1, -0.05) is 36.8 Å². The molecule has 1 saturated heterocycles. The maximum atomic E-state index is 3.82. The molecule has 0 radical (unpaired) electrons. The Bertz CT molecular complexity index is 364. The van der Waals surface area contributed by atoms with Gasteiger partial charge in [-0.2, -0.15) is 0 Å². The van der Waals surface area contributed by atoms with Crippen molar-refractivity contribution >= 4 is 0 Å². The van der Waals surface area contributed by atoms with Crippen molar-refractivity contribution in [2.24, 2.45) is 0 Å².